The molecule has 1 saturated heterocycles. The van der Waals surface area contributed by atoms with Crippen molar-refractivity contribution in [2.24, 2.45) is 0 Å². The van der Waals surface area contributed by atoms with Gasteiger partial charge in [-0.05, 0) is 30.7 Å². The number of thiazole rings is 1. The number of aromatic nitrogens is 1. The number of rotatable bonds is 2. The average Bonchev–Trinajstić information content (AvgIpc) is 2.86. The van der Waals surface area contributed by atoms with Crippen LogP contribution >= 0.6 is 38.9 Å². The highest BCUT2D eigenvalue weighted by atomic mass is 79.9. The second kappa shape index (κ2) is 5.92. The van der Waals surface area contributed by atoms with Crippen LogP contribution in [0.25, 0.3) is 0 Å². The van der Waals surface area contributed by atoms with Crippen molar-refractivity contribution in [3.8, 4) is 0 Å². The fourth-order valence-corrected chi connectivity index (χ4v) is 4.05. The van der Waals surface area contributed by atoms with Crippen molar-refractivity contribution >= 4 is 38.9 Å². The third-order valence-electron chi connectivity index (χ3n) is 3.59. The summed E-state index contributed by atoms with van der Waals surface area (Å²) in [6.07, 6.45) is 2.88. The van der Waals surface area contributed by atoms with Gasteiger partial charge in [0.05, 0.1) is 11.2 Å². The van der Waals surface area contributed by atoms with Crippen molar-refractivity contribution in [3.63, 3.8) is 0 Å². The van der Waals surface area contributed by atoms with Gasteiger partial charge in [0.15, 0.2) is 0 Å². The molecule has 1 aliphatic heterocycles. The molecule has 1 N–H and O–H groups in total. The Morgan fingerprint density at radius 2 is 2.05 bits per heavy atom. The molecule has 1 aromatic heterocycles. The van der Waals surface area contributed by atoms with Crippen LogP contribution in [0.2, 0.25) is 4.34 Å². The summed E-state index contributed by atoms with van der Waals surface area (Å²) in [7, 11) is 0. The third kappa shape index (κ3) is 3.02. The number of nitrogens with one attached hydrogen (secondary N) is 1. The zero-order valence-electron chi connectivity index (χ0n) is 10.3. The molecule has 0 spiro atoms. The van der Waals surface area contributed by atoms with Gasteiger partial charge in [0.1, 0.15) is 4.34 Å². The average molecular weight is 358 g/mol. The Labute approximate surface area is 130 Å². The van der Waals surface area contributed by atoms with E-state index in [0.29, 0.717) is 11.8 Å². The van der Waals surface area contributed by atoms with E-state index in [1.807, 2.05) is 0 Å². The largest absolute Gasteiger partial charge is 0.316 e. The quantitative estimate of drug-likeness (QED) is 0.860. The minimum absolute atomic E-state index is 0.472. The molecule has 19 heavy (non-hydrogen) atoms. The Morgan fingerprint density at radius 1 is 1.26 bits per heavy atom. The summed E-state index contributed by atoms with van der Waals surface area (Å²) in [6, 6.07) is 8.61. The minimum atomic E-state index is 0.472. The number of hydrogen-bond donors (Lipinski definition) is 1. The van der Waals surface area contributed by atoms with Crippen molar-refractivity contribution in [3.05, 3.63) is 49.8 Å². The van der Waals surface area contributed by atoms with Crippen LogP contribution in [0.1, 0.15) is 28.8 Å². The van der Waals surface area contributed by atoms with E-state index in [4.69, 9.17) is 11.6 Å². The zero-order valence-corrected chi connectivity index (χ0v) is 13.4. The summed E-state index contributed by atoms with van der Waals surface area (Å²) in [5, 5.41) is 4.65. The monoisotopic (exact) mass is 356 g/mol. The Hall–Kier alpha value is -0.420. The maximum atomic E-state index is 6.03. The van der Waals surface area contributed by atoms with E-state index in [0.717, 1.165) is 28.3 Å². The number of nitrogens with zero attached hydrogens (tertiary/aromatic N) is 1. The molecule has 1 fully saturated rings. The molecule has 0 saturated carbocycles. The number of halogens is 2. The first-order valence-corrected chi connectivity index (χ1v) is 8.30. The first-order chi connectivity index (χ1) is 9.24. The minimum Gasteiger partial charge on any atom is -0.316 e. The van der Waals surface area contributed by atoms with E-state index in [2.05, 4.69) is 50.5 Å². The summed E-state index contributed by atoms with van der Waals surface area (Å²) in [5.41, 5.74) is 1.37. The van der Waals surface area contributed by atoms with E-state index < -0.39 is 0 Å². The highest BCUT2D eigenvalue weighted by Crippen LogP contribution is 2.39. The summed E-state index contributed by atoms with van der Waals surface area (Å²) < 4.78 is 1.90. The lowest BCUT2D eigenvalue weighted by molar-refractivity contribution is 0.403. The van der Waals surface area contributed by atoms with Crippen LogP contribution < -0.4 is 5.32 Å². The van der Waals surface area contributed by atoms with Gasteiger partial charge in [-0.1, -0.05) is 39.7 Å². The Morgan fingerprint density at radius 3 is 2.74 bits per heavy atom. The maximum Gasteiger partial charge on any atom is 0.113 e. The fourth-order valence-electron chi connectivity index (χ4n) is 2.65. The lowest BCUT2D eigenvalue weighted by Crippen LogP contribution is -2.33. The number of hydrogen-bond acceptors (Lipinski definition) is 3. The molecule has 2 heterocycles. The Kier molecular flexibility index (Phi) is 4.22. The summed E-state index contributed by atoms with van der Waals surface area (Å²) >= 11 is 11.1. The van der Waals surface area contributed by atoms with Gasteiger partial charge in [-0.15, -0.1) is 11.3 Å². The van der Waals surface area contributed by atoms with E-state index in [1.165, 1.54) is 10.6 Å². The van der Waals surface area contributed by atoms with Gasteiger partial charge in [0, 0.05) is 22.9 Å². The summed E-state index contributed by atoms with van der Waals surface area (Å²) in [5.74, 6) is 0.948. The molecule has 100 valence electrons. The van der Waals surface area contributed by atoms with Crippen LogP contribution in [0.4, 0.5) is 0 Å². The van der Waals surface area contributed by atoms with Gasteiger partial charge in [0.2, 0.25) is 0 Å². The van der Waals surface area contributed by atoms with E-state index >= 15 is 0 Å². The highest BCUT2D eigenvalue weighted by Gasteiger charge is 2.29. The van der Waals surface area contributed by atoms with Crippen molar-refractivity contribution < 1.29 is 0 Å². The standard InChI is InChI=1S/C14H14BrClN2S/c15-10-3-1-9(2-4-10)12-7-17-6-5-11(12)14-18-8-13(16)19-14/h1-4,8,11-12,17H,5-7H2. The van der Waals surface area contributed by atoms with Gasteiger partial charge < -0.3 is 5.32 Å². The summed E-state index contributed by atoms with van der Waals surface area (Å²) in [4.78, 5) is 4.48. The lowest BCUT2D eigenvalue weighted by atomic mass is 9.82. The second-order valence-corrected chi connectivity index (χ2v) is 7.37. The fraction of sp³-hybridized carbons (Fsp3) is 0.357. The molecule has 2 aromatic rings. The molecule has 0 bridgehead atoms. The Balaban J connectivity index is 1.90. The molecule has 5 heteroatoms. The van der Waals surface area contributed by atoms with Gasteiger partial charge >= 0.3 is 0 Å². The molecule has 1 aromatic carbocycles. The van der Waals surface area contributed by atoms with Crippen LogP contribution in [0.5, 0.6) is 0 Å². The molecular formula is C14H14BrClN2S. The van der Waals surface area contributed by atoms with Gasteiger partial charge in [-0.2, -0.15) is 0 Å². The molecule has 2 unspecified atom stereocenters. The molecule has 0 amide bonds. The van der Waals surface area contributed by atoms with Gasteiger partial charge in [-0.3, -0.25) is 0 Å². The van der Waals surface area contributed by atoms with Crippen molar-refractivity contribution in [1.29, 1.82) is 0 Å². The molecular weight excluding hydrogens is 344 g/mol. The SMILES string of the molecule is Clc1cnc(C2CCNCC2c2ccc(Br)cc2)s1. The molecule has 2 nitrogen and oxygen atoms in total. The molecule has 1 aliphatic rings. The second-order valence-electron chi connectivity index (χ2n) is 4.76. The normalized spacial score (nSPS) is 23.5. The summed E-state index contributed by atoms with van der Waals surface area (Å²) in [6.45, 7) is 2.05. The van der Waals surface area contributed by atoms with Crippen LogP contribution in [-0.4, -0.2) is 18.1 Å². The van der Waals surface area contributed by atoms with Crippen LogP contribution in [0.3, 0.4) is 0 Å². The van der Waals surface area contributed by atoms with Crippen molar-refractivity contribution in [2.75, 3.05) is 13.1 Å². The van der Waals surface area contributed by atoms with Gasteiger partial charge in [0.25, 0.3) is 0 Å². The van der Waals surface area contributed by atoms with Crippen LogP contribution in [-0.2, 0) is 0 Å². The molecule has 0 aliphatic carbocycles. The van der Waals surface area contributed by atoms with Crippen LogP contribution in [0, 0.1) is 0 Å². The van der Waals surface area contributed by atoms with Crippen LogP contribution in [0.15, 0.2) is 34.9 Å². The smallest absolute Gasteiger partial charge is 0.113 e. The number of piperidine rings is 1. The zero-order chi connectivity index (χ0) is 13.2. The predicted molar refractivity (Wildman–Crippen MR) is 84.2 cm³/mol. The maximum absolute atomic E-state index is 6.03. The Bertz CT molecular complexity index is 555. The number of benzene rings is 1. The van der Waals surface area contributed by atoms with Crippen molar-refractivity contribution in [1.82, 2.24) is 10.3 Å². The third-order valence-corrected chi connectivity index (χ3v) is 5.37. The highest BCUT2D eigenvalue weighted by molar-refractivity contribution is 9.10. The lowest BCUT2D eigenvalue weighted by Gasteiger charge is -2.31. The van der Waals surface area contributed by atoms with E-state index in [1.54, 1.807) is 17.5 Å². The van der Waals surface area contributed by atoms with Gasteiger partial charge in [-0.25, -0.2) is 4.98 Å². The van der Waals surface area contributed by atoms with E-state index in [9.17, 15) is 0 Å². The molecule has 3 rings (SSSR count). The predicted octanol–water partition coefficient (Wildman–Crippen LogP) is 4.42. The van der Waals surface area contributed by atoms with Crippen molar-refractivity contribution in [2.45, 2.75) is 18.3 Å². The van der Waals surface area contributed by atoms with E-state index in [-0.39, 0.29) is 0 Å². The topological polar surface area (TPSA) is 24.9 Å². The first-order valence-electron chi connectivity index (χ1n) is 6.31. The first kappa shape index (κ1) is 13.6. The molecule has 2 atom stereocenters. The molecule has 0 radical (unpaired) electrons.